The third-order valence-corrected chi connectivity index (χ3v) is 5.44. The highest BCUT2D eigenvalue weighted by atomic mass is 79.9. The Bertz CT molecular complexity index is 572. The van der Waals surface area contributed by atoms with Gasteiger partial charge in [0.25, 0.3) is 0 Å². The normalized spacial score (nSPS) is 33.0. The summed E-state index contributed by atoms with van der Waals surface area (Å²) in [5.41, 5.74) is 1.19. The van der Waals surface area contributed by atoms with E-state index in [4.69, 9.17) is 4.74 Å². The van der Waals surface area contributed by atoms with E-state index in [-0.39, 0.29) is 24.1 Å². The van der Waals surface area contributed by atoms with Crippen LogP contribution in [0.3, 0.4) is 0 Å². The van der Waals surface area contributed by atoms with E-state index in [1.165, 1.54) is 5.56 Å². The first-order chi connectivity index (χ1) is 10.1. The van der Waals surface area contributed by atoms with Gasteiger partial charge in [-0.3, -0.25) is 9.69 Å². The lowest BCUT2D eigenvalue weighted by molar-refractivity contribution is -0.135. The van der Waals surface area contributed by atoms with Gasteiger partial charge in [0.15, 0.2) is 0 Å². The number of carbonyl (C=O) groups excluding carboxylic acids is 1. The number of ketones is 1. The fourth-order valence-corrected chi connectivity index (χ4v) is 4.13. The fourth-order valence-electron chi connectivity index (χ4n) is 3.58. The lowest BCUT2D eigenvalue weighted by Crippen LogP contribution is -2.57. The van der Waals surface area contributed by atoms with Crippen LogP contribution in [0.5, 0.6) is 0 Å². The summed E-state index contributed by atoms with van der Waals surface area (Å²) in [7, 11) is 1.72. The largest absolute Gasteiger partial charge is 0.376 e. The molecule has 2 aliphatic rings. The zero-order valence-corrected chi connectivity index (χ0v) is 13.9. The van der Waals surface area contributed by atoms with Gasteiger partial charge in [-0.15, -0.1) is 0 Å². The van der Waals surface area contributed by atoms with Crippen molar-refractivity contribution in [3.05, 3.63) is 46.5 Å². The molecule has 0 aliphatic carbocycles. The van der Waals surface area contributed by atoms with E-state index < -0.39 is 0 Å². The van der Waals surface area contributed by atoms with Crippen molar-refractivity contribution in [2.45, 2.75) is 31.5 Å². The summed E-state index contributed by atoms with van der Waals surface area (Å²) in [5, 5.41) is 0. The molecule has 1 aromatic rings. The number of carbonyl (C=O) groups is 1. The maximum Gasteiger partial charge on any atom is 0.139 e. The van der Waals surface area contributed by atoms with Crippen LogP contribution < -0.4 is 0 Å². The molecule has 4 heteroatoms. The molecular weight excluding hydrogens is 330 g/mol. The third-order valence-electron chi connectivity index (χ3n) is 4.71. The van der Waals surface area contributed by atoms with Crippen LogP contribution in [0.1, 0.15) is 24.9 Å². The molecule has 0 radical (unpaired) electrons. The summed E-state index contributed by atoms with van der Waals surface area (Å²) < 4.78 is 6.67. The lowest BCUT2D eigenvalue weighted by Gasteiger charge is -2.48. The number of benzene rings is 1. The van der Waals surface area contributed by atoms with Crippen molar-refractivity contribution >= 4 is 21.7 Å². The predicted molar refractivity (Wildman–Crippen MR) is 86.1 cm³/mol. The van der Waals surface area contributed by atoms with Crippen LogP contribution in [0, 0.1) is 5.92 Å². The van der Waals surface area contributed by atoms with Crippen LogP contribution in [0.15, 0.2) is 40.9 Å². The van der Waals surface area contributed by atoms with Gasteiger partial charge in [-0.25, -0.2) is 0 Å². The number of nitrogens with zero attached hydrogens (tertiary/aromatic N) is 1. The van der Waals surface area contributed by atoms with Gasteiger partial charge in [0.1, 0.15) is 5.78 Å². The van der Waals surface area contributed by atoms with Gasteiger partial charge in [0.2, 0.25) is 0 Å². The minimum absolute atomic E-state index is 0.0111. The topological polar surface area (TPSA) is 29.5 Å². The SMILES string of the molecule is CO[C@H]1C=CCN2[C@@H]1[C@H](C)C(=O)C[C@H]2c1ccccc1Br. The molecule has 2 heterocycles. The molecule has 1 aromatic carbocycles. The average molecular weight is 350 g/mol. The monoisotopic (exact) mass is 349 g/mol. The van der Waals surface area contributed by atoms with Crippen molar-refractivity contribution in [1.29, 1.82) is 0 Å². The highest BCUT2D eigenvalue weighted by Gasteiger charge is 2.45. The van der Waals surface area contributed by atoms with E-state index in [1.54, 1.807) is 7.11 Å². The Kier molecular flexibility index (Phi) is 4.29. The summed E-state index contributed by atoms with van der Waals surface area (Å²) >= 11 is 3.63. The summed E-state index contributed by atoms with van der Waals surface area (Å²) in [5.74, 6) is 0.341. The predicted octanol–water partition coefficient (Wildman–Crippen LogP) is 3.35. The number of fused-ring (bicyclic) bond motifs is 1. The van der Waals surface area contributed by atoms with Gasteiger partial charge >= 0.3 is 0 Å². The summed E-state index contributed by atoms with van der Waals surface area (Å²) in [6, 6.07) is 8.43. The Morgan fingerprint density at radius 1 is 1.33 bits per heavy atom. The van der Waals surface area contributed by atoms with Gasteiger partial charge in [-0.1, -0.05) is 53.2 Å². The van der Waals surface area contributed by atoms with Gasteiger partial charge < -0.3 is 4.74 Å². The van der Waals surface area contributed by atoms with Crippen LogP contribution >= 0.6 is 15.9 Å². The number of ether oxygens (including phenoxy) is 1. The number of Topliss-reactive ketones (excluding diaryl/α,β-unsaturated/α-hetero) is 1. The van der Waals surface area contributed by atoms with Crippen LogP contribution in [-0.2, 0) is 9.53 Å². The number of methoxy groups -OCH3 is 1. The molecule has 21 heavy (non-hydrogen) atoms. The van der Waals surface area contributed by atoms with Crippen LogP contribution in [0.4, 0.5) is 0 Å². The minimum atomic E-state index is -0.0111. The lowest BCUT2D eigenvalue weighted by atomic mass is 9.79. The number of rotatable bonds is 2. The highest BCUT2D eigenvalue weighted by Crippen LogP contribution is 2.40. The Morgan fingerprint density at radius 3 is 2.81 bits per heavy atom. The molecule has 0 unspecified atom stereocenters. The van der Waals surface area contributed by atoms with Crippen molar-refractivity contribution < 1.29 is 9.53 Å². The Balaban J connectivity index is 2.01. The molecule has 112 valence electrons. The number of hydrogen-bond acceptors (Lipinski definition) is 3. The fraction of sp³-hybridized carbons (Fsp3) is 0.471. The average Bonchev–Trinajstić information content (AvgIpc) is 2.51. The maximum absolute atomic E-state index is 12.5. The molecule has 0 bridgehead atoms. The zero-order valence-electron chi connectivity index (χ0n) is 12.3. The maximum atomic E-state index is 12.5. The molecular formula is C17H20BrNO2. The van der Waals surface area contributed by atoms with E-state index >= 15 is 0 Å². The molecule has 4 atom stereocenters. The summed E-state index contributed by atoms with van der Waals surface area (Å²) in [6.45, 7) is 2.90. The summed E-state index contributed by atoms with van der Waals surface area (Å²) in [6.07, 6.45) is 4.80. The van der Waals surface area contributed by atoms with Crippen molar-refractivity contribution in [2.75, 3.05) is 13.7 Å². The molecule has 0 N–H and O–H groups in total. The van der Waals surface area contributed by atoms with Gasteiger partial charge in [0, 0.05) is 42.5 Å². The second-order valence-corrected chi connectivity index (χ2v) is 6.67. The van der Waals surface area contributed by atoms with Crippen molar-refractivity contribution in [3.8, 4) is 0 Å². The summed E-state index contributed by atoms with van der Waals surface area (Å²) in [4.78, 5) is 14.9. The van der Waals surface area contributed by atoms with Crippen molar-refractivity contribution in [2.24, 2.45) is 5.92 Å². The van der Waals surface area contributed by atoms with E-state index in [2.05, 4.69) is 39.0 Å². The van der Waals surface area contributed by atoms with Gasteiger partial charge in [-0.05, 0) is 11.6 Å². The van der Waals surface area contributed by atoms with E-state index in [0.29, 0.717) is 12.2 Å². The first kappa shape index (κ1) is 14.9. The highest BCUT2D eigenvalue weighted by molar-refractivity contribution is 9.10. The van der Waals surface area contributed by atoms with Crippen molar-refractivity contribution in [3.63, 3.8) is 0 Å². The standard InChI is InChI=1S/C17H20BrNO2/c1-11-15(20)10-14(12-6-3-4-7-13(12)18)19-9-5-8-16(21-2)17(11)19/h3-8,11,14,16-17H,9-10H2,1-2H3/t11-,14+,16+,17-/m1/s1. The Hall–Kier alpha value is -0.970. The van der Waals surface area contributed by atoms with E-state index in [0.717, 1.165) is 11.0 Å². The first-order valence-electron chi connectivity index (χ1n) is 7.36. The molecule has 0 amide bonds. The smallest absolute Gasteiger partial charge is 0.139 e. The minimum Gasteiger partial charge on any atom is -0.376 e. The van der Waals surface area contributed by atoms with Crippen molar-refractivity contribution in [1.82, 2.24) is 4.90 Å². The number of halogens is 1. The molecule has 2 aliphatic heterocycles. The molecule has 1 fully saturated rings. The molecule has 0 aromatic heterocycles. The van der Waals surface area contributed by atoms with E-state index in [9.17, 15) is 4.79 Å². The third kappa shape index (κ3) is 2.60. The zero-order chi connectivity index (χ0) is 15.0. The number of hydrogen-bond donors (Lipinski definition) is 0. The number of piperidine rings is 1. The second-order valence-electron chi connectivity index (χ2n) is 5.81. The Labute approximate surface area is 134 Å². The quantitative estimate of drug-likeness (QED) is 0.766. The van der Waals surface area contributed by atoms with Crippen LogP contribution in [0.25, 0.3) is 0 Å². The Morgan fingerprint density at radius 2 is 2.10 bits per heavy atom. The van der Waals surface area contributed by atoms with Gasteiger partial charge in [-0.2, -0.15) is 0 Å². The molecule has 3 rings (SSSR count). The van der Waals surface area contributed by atoms with E-state index in [1.807, 2.05) is 25.1 Å². The molecule has 0 saturated carbocycles. The van der Waals surface area contributed by atoms with Crippen LogP contribution in [-0.4, -0.2) is 36.5 Å². The van der Waals surface area contributed by atoms with Gasteiger partial charge in [0.05, 0.1) is 6.10 Å². The molecule has 0 spiro atoms. The molecule has 1 saturated heterocycles. The first-order valence-corrected chi connectivity index (χ1v) is 8.15. The molecule has 3 nitrogen and oxygen atoms in total. The second kappa shape index (κ2) is 6.03. The van der Waals surface area contributed by atoms with Crippen LogP contribution in [0.2, 0.25) is 0 Å².